The first-order valence-electron chi connectivity index (χ1n) is 10.2. The first-order chi connectivity index (χ1) is 13.6. The number of rotatable bonds is 4. The van der Waals surface area contributed by atoms with E-state index < -0.39 is 0 Å². The maximum atomic E-state index is 12.2. The van der Waals surface area contributed by atoms with Gasteiger partial charge in [-0.15, -0.1) is 0 Å². The van der Waals surface area contributed by atoms with Crippen LogP contribution < -0.4 is 10.3 Å². The molecule has 0 fully saturated rings. The Kier molecular flexibility index (Phi) is 5.69. The fourth-order valence-corrected chi connectivity index (χ4v) is 4.57. The van der Waals surface area contributed by atoms with Crippen LogP contribution in [0, 0.1) is 6.92 Å². The lowest BCUT2D eigenvalue weighted by molar-refractivity contribution is 0.0955. The Morgan fingerprint density at radius 1 is 1.28 bits per heavy atom. The first-order valence-corrected chi connectivity index (χ1v) is 10.2. The Morgan fingerprint density at radius 3 is 2.55 bits per heavy atom. The lowest BCUT2D eigenvalue weighted by Crippen LogP contribution is -2.51. The van der Waals surface area contributed by atoms with Crippen LogP contribution in [0.4, 0.5) is 5.69 Å². The number of aromatic hydroxyl groups is 1. The summed E-state index contributed by atoms with van der Waals surface area (Å²) in [7, 11) is 0. The van der Waals surface area contributed by atoms with Crippen molar-refractivity contribution >= 4 is 17.8 Å². The van der Waals surface area contributed by atoms with Gasteiger partial charge >= 0.3 is 0 Å². The molecule has 29 heavy (non-hydrogen) atoms. The maximum absolute atomic E-state index is 12.2. The van der Waals surface area contributed by atoms with Crippen molar-refractivity contribution in [2.24, 2.45) is 5.10 Å². The number of carbonyl (C=O) groups is 1. The molecule has 0 aliphatic carbocycles. The molecule has 0 bridgehead atoms. The fourth-order valence-electron chi connectivity index (χ4n) is 4.57. The van der Waals surface area contributed by atoms with Crippen LogP contribution in [0.3, 0.4) is 0 Å². The molecule has 2 aromatic carbocycles. The molecular weight excluding hydrogens is 362 g/mol. The van der Waals surface area contributed by atoms with E-state index in [1.807, 2.05) is 0 Å². The van der Waals surface area contributed by atoms with Crippen molar-refractivity contribution in [3.63, 3.8) is 0 Å². The van der Waals surface area contributed by atoms with E-state index in [1.165, 1.54) is 23.4 Å². The van der Waals surface area contributed by atoms with Gasteiger partial charge in [0.15, 0.2) is 0 Å². The Labute approximate surface area is 173 Å². The third kappa shape index (κ3) is 4.29. The highest BCUT2D eigenvalue weighted by atomic mass is 16.3. The number of aryl methyl sites for hydroxylation is 1. The summed E-state index contributed by atoms with van der Waals surface area (Å²) in [4.78, 5) is 14.7. The van der Waals surface area contributed by atoms with Gasteiger partial charge in [-0.1, -0.05) is 6.92 Å². The Morgan fingerprint density at radius 2 is 1.93 bits per heavy atom. The van der Waals surface area contributed by atoms with Crippen LogP contribution in [0.5, 0.6) is 5.75 Å². The van der Waals surface area contributed by atoms with Crippen LogP contribution in [-0.4, -0.2) is 28.8 Å². The van der Waals surface area contributed by atoms with Crippen molar-refractivity contribution in [1.82, 2.24) is 5.43 Å². The van der Waals surface area contributed by atoms with Crippen molar-refractivity contribution in [2.75, 3.05) is 4.90 Å². The molecular formula is C24H31N3O2. The number of hydrogen-bond acceptors (Lipinski definition) is 4. The zero-order valence-electron chi connectivity index (χ0n) is 18.2. The second-order valence-corrected chi connectivity index (χ2v) is 8.89. The molecule has 0 aromatic heterocycles. The maximum Gasteiger partial charge on any atom is 0.271 e. The van der Waals surface area contributed by atoms with Crippen LogP contribution in [0.15, 0.2) is 41.5 Å². The normalized spacial score (nSPS) is 18.2. The molecule has 1 amide bonds. The van der Waals surface area contributed by atoms with Gasteiger partial charge in [0.05, 0.1) is 6.21 Å². The van der Waals surface area contributed by atoms with Crippen molar-refractivity contribution in [1.29, 1.82) is 0 Å². The smallest absolute Gasteiger partial charge is 0.271 e. The summed E-state index contributed by atoms with van der Waals surface area (Å²) >= 11 is 0. The molecule has 1 unspecified atom stereocenters. The molecule has 1 aliphatic heterocycles. The molecule has 1 atom stereocenters. The molecule has 3 rings (SSSR count). The van der Waals surface area contributed by atoms with Crippen LogP contribution in [0.2, 0.25) is 0 Å². The second-order valence-electron chi connectivity index (χ2n) is 8.89. The van der Waals surface area contributed by atoms with E-state index in [1.54, 1.807) is 18.3 Å². The summed E-state index contributed by atoms with van der Waals surface area (Å²) in [6.45, 7) is 13.5. The number of nitrogens with zero attached hydrogens (tertiary/aromatic N) is 2. The van der Waals surface area contributed by atoms with Gasteiger partial charge in [0.25, 0.3) is 5.91 Å². The van der Waals surface area contributed by atoms with Crippen LogP contribution in [0.1, 0.15) is 74.0 Å². The molecule has 0 radical (unpaired) electrons. The van der Waals surface area contributed by atoms with Gasteiger partial charge in [0.1, 0.15) is 5.75 Å². The highest BCUT2D eigenvalue weighted by molar-refractivity contribution is 5.95. The number of anilines is 1. The van der Waals surface area contributed by atoms with E-state index in [9.17, 15) is 9.90 Å². The lowest BCUT2D eigenvalue weighted by Gasteiger charge is -2.50. The number of benzene rings is 2. The van der Waals surface area contributed by atoms with E-state index in [0.29, 0.717) is 17.5 Å². The summed E-state index contributed by atoms with van der Waals surface area (Å²) in [5, 5.41) is 13.5. The Hall–Kier alpha value is -2.82. The highest BCUT2D eigenvalue weighted by Gasteiger charge is 2.37. The minimum atomic E-state index is -0.307. The summed E-state index contributed by atoms with van der Waals surface area (Å²) in [6.07, 6.45) is 2.80. The van der Waals surface area contributed by atoms with Crippen LogP contribution >= 0.6 is 0 Å². The minimum Gasteiger partial charge on any atom is -0.508 e. The summed E-state index contributed by atoms with van der Waals surface area (Å²) < 4.78 is 0. The third-order valence-electron chi connectivity index (χ3n) is 5.68. The van der Waals surface area contributed by atoms with Gasteiger partial charge in [-0.3, -0.25) is 4.79 Å². The van der Waals surface area contributed by atoms with Crippen molar-refractivity contribution in [3.8, 4) is 5.75 Å². The number of fused-ring (bicyclic) bond motifs is 1. The summed E-state index contributed by atoms with van der Waals surface area (Å²) in [6, 6.07) is 11.0. The predicted molar refractivity (Wildman–Crippen MR) is 119 cm³/mol. The van der Waals surface area contributed by atoms with E-state index in [-0.39, 0.29) is 17.2 Å². The van der Waals surface area contributed by atoms with Gasteiger partial charge < -0.3 is 10.0 Å². The molecule has 1 heterocycles. The Bertz CT molecular complexity index is 930. The second kappa shape index (κ2) is 7.90. The molecule has 2 N–H and O–H groups in total. The van der Waals surface area contributed by atoms with E-state index >= 15 is 0 Å². The van der Waals surface area contributed by atoms with Gasteiger partial charge in [-0.05, 0) is 100 Å². The molecule has 0 spiro atoms. The monoisotopic (exact) mass is 393 g/mol. The SMILES string of the molecule is Cc1cc2c(cc1/C=N/NC(=O)c1ccc(O)cc1)C(C)CC(C)(C)N2C(C)C. The topological polar surface area (TPSA) is 64.9 Å². The first kappa shape index (κ1) is 20.9. The summed E-state index contributed by atoms with van der Waals surface area (Å²) in [5.74, 6) is 0.273. The van der Waals surface area contributed by atoms with Gasteiger partial charge in [-0.25, -0.2) is 5.43 Å². The van der Waals surface area contributed by atoms with Crippen LogP contribution in [0.25, 0.3) is 0 Å². The number of carbonyl (C=O) groups excluding carboxylic acids is 1. The quantitative estimate of drug-likeness (QED) is 0.570. The van der Waals surface area contributed by atoms with E-state index in [0.717, 1.165) is 17.5 Å². The van der Waals surface area contributed by atoms with E-state index in [4.69, 9.17) is 0 Å². The molecule has 5 heteroatoms. The van der Waals surface area contributed by atoms with Crippen molar-refractivity contribution < 1.29 is 9.90 Å². The largest absolute Gasteiger partial charge is 0.508 e. The van der Waals surface area contributed by atoms with Gasteiger partial charge in [0.2, 0.25) is 0 Å². The number of phenolic OH excluding ortho intramolecular Hbond substituents is 1. The lowest BCUT2D eigenvalue weighted by atomic mass is 9.78. The van der Waals surface area contributed by atoms with E-state index in [2.05, 4.69) is 69.1 Å². The van der Waals surface area contributed by atoms with Gasteiger partial charge in [0, 0.05) is 22.8 Å². The molecule has 1 aliphatic rings. The number of nitrogens with one attached hydrogen (secondary N) is 1. The zero-order chi connectivity index (χ0) is 21.3. The Balaban J connectivity index is 1.85. The number of amides is 1. The molecule has 154 valence electrons. The number of phenols is 1. The molecule has 5 nitrogen and oxygen atoms in total. The van der Waals surface area contributed by atoms with Crippen molar-refractivity contribution in [3.05, 3.63) is 58.7 Å². The molecule has 0 saturated carbocycles. The average molecular weight is 394 g/mol. The minimum absolute atomic E-state index is 0.112. The number of hydrogen-bond donors (Lipinski definition) is 2. The summed E-state index contributed by atoms with van der Waals surface area (Å²) in [5.41, 5.74) is 7.88. The third-order valence-corrected chi connectivity index (χ3v) is 5.68. The molecule has 0 saturated heterocycles. The van der Waals surface area contributed by atoms with Gasteiger partial charge in [-0.2, -0.15) is 5.10 Å². The van der Waals surface area contributed by atoms with Crippen molar-refractivity contribution in [2.45, 2.75) is 65.5 Å². The predicted octanol–water partition coefficient (Wildman–Crippen LogP) is 4.97. The zero-order valence-corrected chi connectivity index (χ0v) is 18.2. The standard InChI is InChI=1S/C24H31N3O2/c1-15(2)27-22-11-16(3)19(12-21(22)17(4)13-24(27,5)6)14-25-26-23(29)18-7-9-20(28)10-8-18/h7-12,14-15,17,28H,13H2,1-6H3,(H,26,29)/b25-14+. The average Bonchev–Trinajstić information content (AvgIpc) is 2.62. The highest BCUT2D eigenvalue weighted by Crippen LogP contribution is 2.45. The molecule has 2 aromatic rings. The van der Waals surface area contributed by atoms with Crippen LogP contribution in [-0.2, 0) is 0 Å². The number of hydrazone groups is 1. The fraction of sp³-hybridized carbons (Fsp3) is 0.417.